The zero-order valence-corrected chi connectivity index (χ0v) is 12.3. The third kappa shape index (κ3) is 2.91. The van der Waals surface area contributed by atoms with Crippen LogP contribution in [0.3, 0.4) is 0 Å². The van der Waals surface area contributed by atoms with E-state index in [0.29, 0.717) is 23.6 Å². The molecule has 0 aromatic heterocycles. The molecule has 5 heteroatoms. The first-order valence-corrected chi connectivity index (χ1v) is 7.27. The number of nitriles is 1. The highest BCUT2D eigenvalue weighted by Gasteiger charge is 2.31. The number of carbonyl (C=O) groups excluding carboxylic acids is 1. The number of benzene rings is 1. The average Bonchev–Trinajstić information content (AvgIpc) is 2.76. The normalized spacial score (nSPS) is 18.9. The number of hydrogen-bond donors (Lipinski definition) is 0. The monoisotopic (exact) mass is 285 g/mol. The van der Waals surface area contributed by atoms with Gasteiger partial charge in [0.15, 0.2) is 5.17 Å². The van der Waals surface area contributed by atoms with E-state index in [-0.39, 0.29) is 5.91 Å². The molecule has 0 radical (unpaired) electrons. The lowest BCUT2D eigenvalue weighted by atomic mass is 10.1. The van der Waals surface area contributed by atoms with E-state index in [1.807, 2.05) is 32.1 Å². The SMILES string of the molecule is CCN=C1S/C(=C/c2ccc(C#N)cc2)C(=O)N1CC. The minimum Gasteiger partial charge on any atom is -0.287 e. The number of amidine groups is 1. The summed E-state index contributed by atoms with van der Waals surface area (Å²) in [5.74, 6) is -0.00550. The van der Waals surface area contributed by atoms with Gasteiger partial charge < -0.3 is 0 Å². The van der Waals surface area contributed by atoms with Crippen molar-refractivity contribution in [3.63, 3.8) is 0 Å². The van der Waals surface area contributed by atoms with Crippen LogP contribution in [0.15, 0.2) is 34.2 Å². The van der Waals surface area contributed by atoms with Gasteiger partial charge in [0, 0.05) is 13.1 Å². The van der Waals surface area contributed by atoms with E-state index in [1.54, 1.807) is 17.0 Å². The van der Waals surface area contributed by atoms with Gasteiger partial charge in [-0.25, -0.2) is 0 Å². The molecule has 0 spiro atoms. The van der Waals surface area contributed by atoms with E-state index >= 15 is 0 Å². The van der Waals surface area contributed by atoms with Crippen LogP contribution >= 0.6 is 11.8 Å². The fourth-order valence-corrected chi connectivity index (χ4v) is 2.95. The van der Waals surface area contributed by atoms with E-state index in [1.165, 1.54) is 11.8 Å². The van der Waals surface area contributed by atoms with Crippen molar-refractivity contribution in [1.29, 1.82) is 5.26 Å². The van der Waals surface area contributed by atoms with Crippen LogP contribution in [0.4, 0.5) is 0 Å². The largest absolute Gasteiger partial charge is 0.287 e. The van der Waals surface area contributed by atoms with Crippen molar-refractivity contribution < 1.29 is 4.79 Å². The van der Waals surface area contributed by atoms with Gasteiger partial charge in [0.1, 0.15) is 0 Å². The second-order valence-electron chi connectivity index (χ2n) is 4.15. The van der Waals surface area contributed by atoms with Gasteiger partial charge in [0.2, 0.25) is 0 Å². The molecule has 1 aliphatic rings. The predicted octanol–water partition coefficient (Wildman–Crippen LogP) is 2.87. The third-order valence-corrected chi connectivity index (χ3v) is 3.88. The number of rotatable bonds is 3. The fraction of sp³-hybridized carbons (Fsp3) is 0.267. The second-order valence-corrected chi connectivity index (χ2v) is 5.16. The molecule has 0 aliphatic carbocycles. The molecule has 1 aliphatic heterocycles. The molecule has 0 atom stereocenters. The van der Waals surface area contributed by atoms with Crippen LogP contribution < -0.4 is 0 Å². The molecule has 1 saturated heterocycles. The summed E-state index contributed by atoms with van der Waals surface area (Å²) in [6.45, 7) is 5.17. The van der Waals surface area contributed by atoms with Crippen LogP contribution in [0.1, 0.15) is 25.0 Å². The van der Waals surface area contributed by atoms with Crippen molar-refractivity contribution in [2.24, 2.45) is 4.99 Å². The topological polar surface area (TPSA) is 56.5 Å². The number of nitrogens with zero attached hydrogens (tertiary/aromatic N) is 3. The van der Waals surface area contributed by atoms with Crippen molar-refractivity contribution in [1.82, 2.24) is 4.90 Å². The highest BCUT2D eigenvalue weighted by atomic mass is 32.2. The number of thioether (sulfide) groups is 1. The summed E-state index contributed by atoms with van der Waals surface area (Å²) >= 11 is 1.40. The molecule has 2 rings (SSSR count). The Morgan fingerprint density at radius 2 is 2.05 bits per heavy atom. The molecule has 1 aromatic rings. The molecule has 0 bridgehead atoms. The summed E-state index contributed by atoms with van der Waals surface area (Å²) in [5, 5.41) is 9.53. The number of aliphatic imine (C=N–C) groups is 1. The number of likely N-dealkylation sites (N-methyl/N-ethyl adjacent to an activating group) is 1. The Morgan fingerprint density at radius 1 is 1.35 bits per heavy atom. The van der Waals surface area contributed by atoms with Crippen LogP contribution in [0.5, 0.6) is 0 Å². The summed E-state index contributed by atoms with van der Waals surface area (Å²) in [5.41, 5.74) is 1.52. The molecule has 0 saturated carbocycles. The van der Waals surface area contributed by atoms with Crippen molar-refractivity contribution in [3.05, 3.63) is 40.3 Å². The lowest BCUT2D eigenvalue weighted by Crippen LogP contribution is -2.28. The zero-order chi connectivity index (χ0) is 14.5. The highest BCUT2D eigenvalue weighted by molar-refractivity contribution is 8.18. The Morgan fingerprint density at radius 3 is 2.60 bits per heavy atom. The fourth-order valence-electron chi connectivity index (χ4n) is 1.85. The summed E-state index contributed by atoms with van der Waals surface area (Å²) in [6, 6.07) is 9.24. The van der Waals surface area contributed by atoms with E-state index in [0.717, 1.165) is 10.7 Å². The lowest BCUT2D eigenvalue weighted by Gasteiger charge is -2.11. The first kappa shape index (κ1) is 14.4. The van der Waals surface area contributed by atoms with E-state index in [2.05, 4.69) is 11.1 Å². The Balaban J connectivity index is 2.28. The Bertz CT molecular complexity index is 611. The zero-order valence-electron chi connectivity index (χ0n) is 11.5. The summed E-state index contributed by atoms with van der Waals surface area (Å²) in [7, 11) is 0. The van der Waals surface area contributed by atoms with Crippen LogP contribution in [0.25, 0.3) is 6.08 Å². The van der Waals surface area contributed by atoms with Gasteiger partial charge in [-0.15, -0.1) is 0 Å². The van der Waals surface area contributed by atoms with Crippen LogP contribution in [-0.4, -0.2) is 29.1 Å². The van der Waals surface area contributed by atoms with Gasteiger partial charge in [-0.05, 0) is 49.4 Å². The van der Waals surface area contributed by atoms with E-state index < -0.39 is 0 Å². The number of carbonyl (C=O) groups is 1. The van der Waals surface area contributed by atoms with Crippen LogP contribution in [-0.2, 0) is 4.79 Å². The summed E-state index contributed by atoms with van der Waals surface area (Å²) in [4.78, 5) is 19.0. The predicted molar refractivity (Wildman–Crippen MR) is 82.1 cm³/mol. The molecule has 1 fully saturated rings. The Labute approximate surface area is 122 Å². The smallest absolute Gasteiger partial charge is 0.266 e. The first-order valence-electron chi connectivity index (χ1n) is 6.45. The molecule has 20 heavy (non-hydrogen) atoms. The number of amides is 1. The number of hydrogen-bond acceptors (Lipinski definition) is 4. The van der Waals surface area contributed by atoms with Crippen LogP contribution in [0.2, 0.25) is 0 Å². The maximum absolute atomic E-state index is 12.3. The second kappa shape index (κ2) is 6.40. The molecule has 0 N–H and O–H groups in total. The minimum atomic E-state index is -0.00550. The standard InChI is InChI=1S/C15H15N3OS/c1-3-17-15-18(4-2)14(19)13(20-15)9-11-5-7-12(10-16)8-6-11/h5-9H,3-4H2,1-2H3/b13-9+,17-15?. The van der Waals surface area contributed by atoms with Crippen molar-refractivity contribution in [3.8, 4) is 6.07 Å². The molecular formula is C15H15N3OS. The Hall–Kier alpha value is -2.06. The van der Waals surface area contributed by atoms with Gasteiger partial charge in [0.05, 0.1) is 16.5 Å². The van der Waals surface area contributed by atoms with Crippen molar-refractivity contribution in [2.75, 3.05) is 13.1 Å². The highest BCUT2D eigenvalue weighted by Crippen LogP contribution is 2.32. The first-order chi connectivity index (χ1) is 9.69. The molecule has 0 unspecified atom stereocenters. The molecule has 102 valence electrons. The molecule has 1 aromatic carbocycles. The Kier molecular flexibility index (Phi) is 4.59. The molecular weight excluding hydrogens is 270 g/mol. The van der Waals surface area contributed by atoms with Crippen molar-refractivity contribution in [2.45, 2.75) is 13.8 Å². The molecule has 4 nitrogen and oxygen atoms in total. The molecule has 1 heterocycles. The van der Waals surface area contributed by atoms with Crippen LogP contribution in [0, 0.1) is 11.3 Å². The van der Waals surface area contributed by atoms with E-state index in [9.17, 15) is 4.79 Å². The third-order valence-electron chi connectivity index (χ3n) is 2.84. The lowest BCUT2D eigenvalue weighted by molar-refractivity contribution is -0.122. The maximum Gasteiger partial charge on any atom is 0.266 e. The van der Waals surface area contributed by atoms with Gasteiger partial charge in [0.25, 0.3) is 5.91 Å². The maximum atomic E-state index is 12.3. The van der Waals surface area contributed by atoms with Gasteiger partial charge in [-0.1, -0.05) is 12.1 Å². The molecule has 1 amide bonds. The minimum absolute atomic E-state index is 0.00550. The van der Waals surface area contributed by atoms with Gasteiger partial charge in [-0.3, -0.25) is 14.7 Å². The van der Waals surface area contributed by atoms with Gasteiger partial charge in [-0.2, -0.15) is 5.26 Å². The summed E-state index contributed by atoms with van der Waals surface area (Å²) in [6.07, 6.45) is 1.84. The van der Waals surface area contributed by atoms with Crippen molar-refractivity contribution >= 4 is 28.9 Å². The van der Waals surface area contributed by atoms with E-state index in [4.69, 9.17) is 5.26 Å². The summed E-state index contributed by atoms with van der Waals surface area (Å²) < 4.78 is 0. The van der Waals surface area contributed by atoms with Gasteiger partial charge >= 0.3 is 0 Å². The average molecular weight is 285 g/mol. The quantitative estimate of drug-likeness (QED) is 0.802.